The number of rotatable bonds is 8. The van der Waals surface area contributed by atoms with Gasteiger partial charge in [-0.1, -0.05) is 37.3 Å². The summed E-state index contributed by atoms with van der Waals surface area (Å²) in [4.78, 5) is 0. The normalized spacial score (nSPS) is 12.6. The van der Waals surface area contributed by atoms with Crippen molar-refractivity contribution in [3.05, 3.63) is 35.9 Å². The molecule has 0 bridgehead atoms. The Morgan fingerprint density at radius 1 is 1.19 bits per heavy atom. The van der Waals surface area contributed by atoms with Gasteiger partial charge in [0.2, 0.25) is 0 Å². The number of methoxy groups -OCH3 is 1. The summed E-state index contributed by atoms with van der Waals surface area (Å²) in [5.74, 6) is 0. The molecule has 0 radical (unpaired) electrons. The molecule has 0 heterocycles. The second kappa shape index (κ2) is 8.31. The Bertz CT molecular complexity index is 261. The summed E-state index contributed by atoms with van der Waals surface area (Å²) in [7, 11) is 1.76. The summed E-state index contributed by atoms with van der Waals surface area (Å²) in [6.07, 6.45) is 3.53. The summed E-state index contributed by atoms with van der Waals surface area (Å²) in [5.41, 5.74) is 1.39. The van der Waals surface area contributed by atoms with Crippen LogP contribution in [0.3, 0.4) is 0 Å². The molecule has 0 saturated carbocycles. The second-order valence-corrected chi connectivity index (χ2v) is 4.01. The van der Waals surface area contributed by atoms with E-state index in [2.05, 4.69) is 42.6 Å². The van der Waals surface area contributed by atoms with E-state index in [0.717, 1.165) is 19.6 Å². The van der Waals surface area contributed by atoms with Gasteiger partial charge in [0.15, 0.2) is 0 Å². The van der Waals surface area contributed by atoms with Crippen LogP contribution in [0.2, 0.25) is 0 Å². The molecule has 0 aliphatic rings. The number of unbranched alkanes of at least 4 members (excludes halogenated alkanes) is 1. The van der Waals surface area contributed by atoms with Crippen molar-refractivity contribution in [3.8, 4) is 0 Å². The lowest BCUT2D eigenvalue weighted by atomic mass is 10.0. The average Bonchev–Trinajstić information content (AvgIpc) is 2.34. The van der Waals surface area contributed by atoms with Crippen LogP contribution in [-0.2, 0) is 4.74 Å². The molecule has 0 aliphatic carbocycles. The first-order chi connectivity index (χ1) is 7.88. The Labute approximate surface area is 99.0 Å². The summed E-state index contributed by atoms with van der Waals surface area (Å²) in [6.45, 7) is 4.04. The summed E-state index contributed by atoms with van der Waals surface area (Å²) >= 11 is 0. The van der Waals surface area contributed by atoms with E-state index < -0.39 is 0 Å². The molecule has 2 nitrogen and oxygen atoms in total. The van der Waals surface area contributed by atoms with Crippen LogP contribution in [0.25, 0.3) is 0 Å². The molecular formula is C14H23NO. The molecule has 1 atom stereocenters. The minimum Gasteiger partial charge on any atom is -0.385 e. The second-order valence-electron chi connectivity index (χ2n) is 4.01. The van der Waals surface area contributed by atoms with Crippen LogP contribution in [0, 0.1) is 0 Å². The fourth-order valence-corrected chi connectivity index (χ4v) is 1.91. The lowest BCUT2D eigenvalue weighted by Crippen LogP contribution is -2.20. The highest BCUT2D eigenvalue weighted by Gasteiger charge is 2.08. The van der Waals surface area contributed by atoms with E-state index in [1.54, 1.807) is 7.11 Å². The topological polar surface area (TPSA) is 21.3 Å². The molecule has 0 spiro atoms. The first-order valence-corrected chi connectivity index (χ1v) is 6.15. The van der Waals surface area contributed by atoms with Gasteiger partial charge in [-0.25, -0.2) is 0 Å². The predicted molar refractivity (Wildman–Crippen MR) is 68.6 cm³/mol. The van der Waals surface area contributed by atoms with Crippen molar-refractivity contribution < 1.29 is 4.74 Å². The Hall–Kier alpha value is -0.860. The molecule has 90 valence electrons. The molecule has 1 rings (SSSR count). The molecule has 0 aliphatic heterocycles. The van der Waals surface area contributed by atoms with Gasteiger partial charge in [-0.2, -0.15) is 0 Å². The maximum atomic E-state index is 5.07. The van der Waals surface area contributed by atoms with Crippen LogP contribution < -0.4 is 5.32 Å². The van der Waals surface area contributed by atoms with Crippen molar-refractivity contribution in [3.63, 3.8) is 0 Å². The third-order valence-electron chi connectivity index (χ3n) is 2.74. The number of ether oxygens (including phenoxy) is 1. The van der Waals surface area contributed by atoms with Gasteiger partial charge in [0.1, 0.15) is 0 Å². The average molecular weight is 221 g/mol. The van der Waals surface area contributed by atoms with Crippen LogP contribution in [-0.4, -0.2) is 20.3 Å². The monoisotopic (exact) mass is 221 g/mol. The Balaban J connectivity index is 2.41. The van der Waals surface area contributed by atoms with Crippen LogP contribution in [0.4, 0.5) is 0 Å². The van der Waals surface area contributed by atoms with Gasteiger partial charge in [-0.3, -0.25) is 0 Å². The van der Waals surface area contributed by atoms with Gasteiger partial charge in [0.25, 0.3) is 0 Å². The van der Waals surface area contributed by atoms with Crippen LogP contribution in [0.1, 0.15) is 37.8 Å². The highest BCUT2D eigenvalue weighted by atomic mass is 16.5. The third-order valence-corrected chi connectivity index (χ3v) is 2.74. The first kappa shape index (κ1) is 13.2. The van der Waals surface area contributed by atoms with E-state index in [1.165, 1.54) is 18.4 Å². The fourth-order valence-electron chi connectivity index (χ4n) is 1.91. The molecule has 2 heteroatoms. The van der Waals surface area contributed by atoms with Crippen LogP contribution >= 0.6 is 0 Å². The summed E-state index contributed by atoms with van der Waals surface area (Å²) in [6, 6.07) is 11.2. The largest absolute Gasteiger partial charge is 0.385 e. The number of hydrogen-bond donors (Lipinski definition) is 1. The molecule has 1 aromatic rings. The zero-order chi connectivity index (χ0) is 11.6. The van der Waals surface area contributed by atoms with Crippen molar-refractivity contribution in [1.29, 1.82) is 0 Å². The molecular weight excluding hydrogens is 198 g/mol. The van der Waals surface area contributed by atoms with Crippen molar-refractivity contribution in [1.82, 2.24) is 5.32 Å². The lowest BCUT2D eigenvalue weighted by Gasteiger charge is -2.18. The number of benzene rings is 1. The molecule has 1 unspecified atom stereocenters. The number of nitrogens with one attached hydrogen (secondary N) is 1. The van der Waals surface area contributed by atoms with Gasteiger partial charge in [-0.15, -0.1) is 0 Å². The maximum absolute atomic E-state index is 5.07. The van der Waals surface area contributed by atoms with Gasteiger partial charge in [0.05, 0.1) is 0 Å². The van der Waals surface area contributed by atoms with E-state index in [4.69, 9.17) is 4.74 Å². The lowest BCUT2D eigenvalue weighted by molar-refractivity contribution is 0.191. The molecule has 1 N–H and O–H groups in total. The van der Waals surface area contributed by atoms with E-state index in [9.17, 15) is 0 Å². The van der Waals surface area contributed by atoms with Crippen molar-refractivity contribution in [2.75, 3.05) is 20.3 Å². The summed E-state index contributed by atoms with van der Waals surface area (Å²) < 4.78 is 5.07. The van der Waals surface area contributed by atoms with Gasteiger partial charge >= 0.3 is 0 Å². The first-order valence-electron chi connectivity index (χ1n) is 6.15. The van der Waals surface area contributed by atoms with Crippen molar-refractivity contribution >= 4 is 0 Å². The van der Waals surface area contributed by atoms with Crippen molar-refractivity contribution in [2.45, 2.75) is 32.2 Å². The van der Waals surface area contributed by atoms with Crippen LogP contribution in [0.15, 0.2) is 30.3 Å². The minimum absolute atomic E-state index is 0.489. The zero-order valence-electron chi connectivity index (χ0n) is 10.4. The Morgan fingerprint density at radius 2 is 1.94 bits per heavy atom. The van der Waals surface area contributed by atoms with E-state index in [1.807, 2.05) is 0 Å². The minimum atomic E-state index is 0.489. The van der Waals surface area contributed by atoms with E-state index in [0.29, 0.717) is 6.04 Å². The molecule has 0 saturated heterocycles. The molecule has 0 amide bonds. The van der Waals surface area contributed by atoms with Crippen LogP contribution in [0.5, 0.6) is 0 Å². The smallest absolute Gasteiger partial charge is 0.0462 e. The van der Waals surface area contributed by atoms with Gasteiger partial charge < -0.3 is 10.1 Å². The molecule has 0 aromatic heterocycles. The SMILES string of the molecule is CCNC(CCCCOC)c1ccccc1. The maximum Gasteiger partial charge on any atom is 0.0462 e. The van der Waals surface area contributed by atoms with Crippen molar-refractivity contribution in [2.24, 2.45) is 0 Å². The molecule has 0 fully saturated rings. The fraction of sp³-hybridized carbons (Fsp3) is 0.571. The zero-order valence-corrected chi connectivity index (χ0v) is 10.4. The highest BCUT2D eigenvalue weighted by Crippen LogP contribution is 2.18. The standard InChI is InChI=1S/C14H23NO/c1-3-15-14(11-7-8-12-16-2)13-9-5-4-6-10-13/h4-6,9-10,14-15H,3,7-8,11-12H2,1-2H3. The Morgan fingerprint density at radius 3 is 2.56 bits per heavy atom. The van der Waals surface area contributed by atoms with E-state index in [-0.39, 0.29) is 0 Å². The molecule has 1 aromatic carbocycles. The molecule has 16 heavy (non-hydrogen) atoms. The van der Waals surface area contributed by atoms with Gasteiger partial charge in [0, 0.05) is 19.8 Å². The highest BCUT2D eigenvalue weighted by molar-refractivity contribution is 5.18. The summed E-state index contributed by atoms with van der Waals surface area (Å²) in [5, 5.41) is 3.53. The quantitative estimate of drug-likeness (QED) is 0.681. The van der Waals surface area contributed by atoms with Gasteiger partial charge in [-0.05, 0) is 31.4 Å². The van der Waals surface area contributed by atoms with E-state index >= 15 is 0 Å². The third kappa shape index (κ3) is 4.77. The predicted octanol–water partition coefficient (Wildman–Crippen LogP) is 3.15. The Kier molecular flexibility index (Phi) is 6.86. The number of hydrogen-bond acceptors (Lipinski definition) is 2.